The van der Waals surface area contributed by atoms with Gasteiger partial charge >= 0.3 is 6.09 Å². The molecule has 1 amide bonds. The van der Waals surface area contributed by atoms with Gasteiger partial charge in [-0.1, -0.05) is 11.6 Å². The number of hydrogen-bond acceptors (Lipinski definition) is 3. The second kappa shape index (κ2) is 6.09. The van der Waals surface area contributed by atoms with E-state index in [0.717, 1.165) is 5.56 Å². The van der Waals surface area contributed by atoms with Gasteiger partial charge in [0.2, 0.25) is 0 Å². The van der Waals surface area contributed by atoms with E-state index >= 15 is 0 Å². The third-order valence-corrected chi connectivity index (χ3v) is 2.32. The molecule has 90 valence electrons. The van der Waals surface area contributed by atoms with Crippen molar-refractivity contribution in [3.05, 3.63) is 28.8 Å². The normalized spacial score (nSPS) is 10.0. The number of carbonyl (C=O) groups is 1. The molecule has 6 heteroatoms. The number of nitrogens with zero attached hydrogens (tertiary/aromatic N) is 2. The highest BCUT2D eigenvalue weighted by Gasteiger charge is 2.08. The highest BCUT2D eigenvalue weighted by molar-refractivity contribution is 6.30. The van der Waals surface area contributed by atoms with Gasteiger partial charge in [-0.15, -0.1) is 0 Å². The minimum atomic E-state index is -1.13. The summed E-state index contributed by atoms with van der Waals surface area (Å²) in [6, 6.07) is 6.91. The summed E-state index contributed by atoms with van der Waals surface area (Å²) in [5.41, 5.74) is 1.21. The Bertz CT molecular complexity index is 457. The van der Waals surface area contributed by atoms with Crippen LogP contribution in [0.4, 0.5) is 10.5 Å². The molecule has 0 radical (unpaired) electrons. The predicted octanol–water partition coefficient (Wildman–Crippen LogP) is 2.39. The molecule has 0 atom stereocenters. The van der Waals surface area contributed by atoms with Crippen LogP contribution in [0.3, 0.4) is 0 Å². The molecule has 0 aliphatic rings. The van der Waals surface area contributed by atoms with E-state index in [1.54, 1.807) is 30.1 Å². The second-order valence-corrected chi connectivity index (χ2v) is 4.00. The number of nitrogens with one attached hydrogen (secondary N) is 1. The molecule has 1 rings (SSSR count). The first-order chi connectivity index (χ1) is 8.02. The Morgan fingerprint density at radius 1 is 1.65 bits per heavy atom. The fourth-order valence-corrected chi connectivity index (χ4v) is 1.59. The SMILES string of the molecule is CN(CC#N)Cc1cc(Cl)ccc1NC(=O)O. The summed E-state index contributed by atoms with van der Waals surface area (Å²) in [4.78, 5) is 12.4. The van der Waals surface area contributed by atoms with Crippen LogP contribution >= 0.6 is 11.6 Å². The Morgan fingerprint density at radius 2 is 2.35 bits per heavy atom. The molecule has 0 fully saturated rings. The summed E-state index contributed by atoms with van der Waals surface area (Å²) in [5, 5.41) is 20.1. The molecule has 0 aromatic heterocycles. The van der Waals surface area contributed by atoms with Gasteiger partial charge in [-0.05, 0) is 30.8 Å². The molecule has 0 saturated carbocycles. The molecule has 1 aromatic rings. The summed E-state index contributed by atoms with van der Waals surface area (Å²) < 4.78 is 0. The van der Waals surface area contributed by atoms with Crippen LogP contribution in [0.1, 0.15) is 5.56 Å². The number of amides is 1. The van der Waals surface area contributed by atoms with Gasteiger partial charge in [-0.2, -0.15) is 5.26 Å². The van der Waals surface area contributed by atoms with E-state index in [4.69, 9.17) is 22.0 Å². The van der Waals surface area contributed by atoms with Crippen molar-refractivity contribution in [2.45, 2.75) is 6.54 Å². The van der Waals surface area contributed by atoms with Crippen molar-refractivity contribution in [2.75, 3.05) is 18.9 Å². The molecule has 0 unspecified atom stereocenters. The molecule has 0 saturated heterocycles. The van der Waals surface area contributed by atoms with Gasteiger partial charge in [0.1, 0.15) is 0 Å². The number of nitriles is 1. The maximum Gasteiger partial charge on any atom is 0.409 e. The summed E-state index contributed by atoms with van der Waals surface area (Å²) in [6.07, 6.45) is -1.13. The Hall–Kier alpha value is -1.77. The van der Waals surface area contributed by atoms with Crippen molar-refractivity contribution in [1.82, 2.24) is 4.90 Å². The first kappa shape index (κ1) is 13.3. The minimum Gasteiger partial charge on any atom is -0.465 e. The lowest BCUT2D eigenvalue weighted by Gasteiger charge is -2.15. The smallest absolute Gasteiger partial charge is 0.409 e. The van der Waals surface area contributed by atoms with Crippen molar-refractivity contribution in [3.8, 4) is 6.07 Å². The Balaban J connectivity index is 2.91. The molecule has 0 aliphatic carbocycles. The van der Waals surface area contributed by atoms with Crippen molar-refractivity contribution >= 4 is 23.4 Å². The maximum atomic E-state index is 10.6. The summed E-state index contributed by atoms with van der Waals surface area (Å²) >= 11 is 5.86. The molecule has 5 nitrogen and oxygen atoms in total. The first-order valence-corrected chi connectivity index (χ1v) is 5.24. The molecule has 2 N–H and O–H groups in total. The van der Waals surface area contributed by atoms with Crippen LogP contribution in [0, 0.1) is 11.3 Å². The van der Waals surface area contributed by atoms with Crippen LogP contribution in [0.15, 0.2) is 18.2 Å². The molecule has 0 bridgehead atoms. The van der Waals surface area contributed by atoms with Crippen LogP contribution in [-0.4, -0.2) is 29.7 Å². The van der Waals surface area contributed by atoms with Crippen LogP contribution in [0.25, 0.3) is 0 Å². The van der Waals surface area contributed by atoms with Gasteiger partial charge in [0.25, 0.3) is 0 Å². The molecule has 0 heterocycles. The molecular formula is C11H12ClN3O2. The quantitative estimate of drug-likeness (QED) is 0.808. The van der Waals surface area contributed by atoms with E-state index < -0.39 is 6.09 Å². The van der Waals surface area contributed by atoms with Crippen LogP contribution in [0.5, 0.6) is 0 Å². The minimum absolute atomic E-state index is 0.263. The number of halogens is 1. The van der Waals surface area contributed by atoms with E-state index in [0.29, 0.717) is 17.3 Å². The number of rotatable bonds is 4. The van der Waals surface area contributed by atoms with Gasteiger partial charge in [-0.3, -0.25) is 10.2 Å². The lowest BCUT2D eigenvalue weighted by Crippen LogP contribution is -2.19. The zero-order chi connectivity index (χ0) is 12.8. The Morgan fingerprint density at radius 3 is 2.94 bits per heavy atom. The summed E-state index contributed by atoms with van der Waals surface area (Å²) in [6.45, 7) is 0.711. The molecule has 17 heavy (non-hydrogen) atoms. The molecule has 0 spiro atoms. The van der Waals surface area contributed by atoms with Gasteiger partial charge in [0.15, 0.2) is 0 Å². The Kier molecular flexibility index (Phi) is 4.76. The van der Waals surface area contributed by atoms with Crippen molar-refractivity contribution in [1.29, 1.82) is 5.26 Å². The second-order valence-electron chi connectivity index (χ2n) is 3.56. The monoisotopic (exact) mass is 253 g/mol. The van der Waals surface area contributed by atoms with E-state index in [-0.39, 0.29) is 6.54 Å². The van der Waals surface area contributed by atoms with Gasteiger partial charge in [-0.25, -0.2) is 4.79 Å². The fourth-order valence-electron chi connectivity index (χ4n) is 1.40. The largest absolute Gasteiger partial charge is 0.465 e. The standard InChI is InChI=1S/C11H12ClN3O2/c1-15(5-4-13)7-8-6-9(12)2-3-10(8)14-11(16)17/h2-3,6,14H,5,7H2,1H3,(H,16,17). The number of carboxylic acid groups (broad SMARTS) is 1. The van der Waals surface area contributed by atoms with E-state index in [1.807, 2.05) is 6.07 Å². The highest BCUT2D eigenvalue weighted by Crippen LogP contribution is 2.21. The fraction of sp³-hybridized carbons (Fsp3) is 0.273. The lowest BCUT2D eigenvalue weighted by atomic mass is 10.1. The van der Waals surface area contributed by atoms with Crippen LogP contribution < -0.4 is 5.32 Å². The maximum absolute atomic E-state index is 10.6. The average Bonchev–Trinajstić information content (AvgIpc) is 2.22. The summed E-state index contributed by atoms with van der Waals surface area (Å²) in [7, 11) is 1.77. The van der Waals surface area contributed by atoms with Crippen molar-refractivity contribution in [2.24, 2.45) is 0 Å². The first-order valence-electron chi connectivity index (χ1n) is 4.87. The lowest BCUT2D eigenvalue weighted by molar-refractivity contribution is 0.209. The highest BCUT2D eigenvalue weighted by atomic mass is 35.5. The zero-order valence-electron chi connectivity index (χ0n) is 9.27. The average molecular weight is 254 g/mol. The predicted molar refractivity (Wildman–Crippen MR) is 65.0 cm³/mol. The van der Waals surface area contributed by atoms with Crippen LogP contribution in [0.2, 0.25) is 5.02 Å². The number of hydrogen-bond donors (Lipinski definition) is 2. The number of benzene rings is 1. The number of anilines is 1. The van der Waals surface area contributed by atoms with E-state index in [9.17, 15) is 4.79 Å². The third-order valence-electron chi connectivity index (χ3n) is 2.09. The van der Waals surface area contributed by atoms with Gasteiger partial charge in [0, 0.05) is 17.3 Å². The zero-order valence-corrected chi connectivity index (χ0v) is 10.0. The molecule has 1 aromatic carbocycles. The molecule has 0 aliphatic heterocycles. The van der Waals surface area contributed by atoms with Crippen molar-refractivity contribution in [3.63, 3.8) is 0 Å². The van der Waals surface area contributed by atoms with Crippen LogP contribution in [-0.2, 0) is 6.54 Å². The third kappa shape index (κ3) is 4.31. The topological polar surface area (TPSA) is 76.4 Å². The van der Waals surface area contributed by atoms with Crippen molar-refractivity contribution < 1.29 is 9.90 Å². The van der Waals surface area contributed by atoms with Gasteiger partial charge in [0.05, 0.1) is 12.6 Å². The summed E-state index contributed by atoms with van der Waals surface area (Å²) in [5.74, 6) is 0. The molecular weight excluding hydrogens is 242 g/mol. The van der Waals surface area contributed by atoms with Gasteiger partial charge < -0.3 is 5.11 Å². The van der Waals surface area contributed by atoms with E-state index in [1.165, 1.54) is 0 Å². The van der Waals surface area contributed by atoms with E-state index in [2.05, 4.69) is 5.32 Å². The Labute approximate surface area is 104 Å².